The van der Waals surface area contributed by atoms with Crippen LogP contribution in [0.3, 0.4) is 0 Å². The first-order valence-corrected chi connectivity index (χ1v) is 7.60. The molecule has 1 fully saturated rings. The van der Waals surface area contributed by atoms with Crippen LogP contribution in [-0.4, -0.2) is 54.1 Å². The van der Waals surface area contributed by atoms with Gasteiger partial charge in [0, 0.05) is 31.4 Å². The molecule has 0 spiro atoms. The number of hydrogen-bond acceptors (Lipinski definition) is 4. The summed E-state index contributed by atoms with van der Waals surface area (Å²) >= 11 is 0. The second-order valence-corrected chi connectivity index (χ2v) is 5.66. The van der Waals surface area contributed by atoms with E-state index in [4.69, 9.17) is 4.74 Å². The predicted octanol–water partition coefficient (Wildman–Crippen LogP) is 1.41. The maximum atomic E-state index is 6.04. The summed E-state index contributed by atoms with van der Waals surface area (Å²) < 4.78 is 8.03. The maximum Gasteiger partial charge on any atom is 0.0897 e. The molecule has 5 nitrogen and oxygen atoms in total. The molecular weight excluding hydrogens is 252 g/mol. The SMILES string of the molecule is CCCN1CCOC(CNC)C1c1c(C)nn(C)c1C. The van der Waals surface area contributed by atoms with Gasteiger partial charge in [-0.15, -0.1) is 0 Å². The number of nitrogens with zero attached hydrogens (tertiary/aromatic N) is 3. The Morgan fingerprint density at radius 2 is 2.15 bits per heavy atom. The number of aryl methyl sites for hydroxylation is 2. The molecule has 5 heteroatoms. The van der Waals surface area contributed by atoms with Gasteiger partial charge in [-0.25, -0.2) is 0 Å². The molecule has 2 unspecified atom stereocenters. The molecule has 1 aliphatic rings. The Hall–Kier alpha value is -0.910. The maximum absolute atomic E-state index is 6.04. The fraction of sp³-hybridized carbons (Fsp3) is 0.800. The Bertz CT molecular complexity index is 425. The minimum absolute atomic E-state index is 0.196. The van der Waals surface area contributed by atoms with Crippen LogP contribution in [0.5, 0.6) is 0 Å². The van der Waals surface area contributed by atoms with E-state index < -0.39 is 0 Å². The second-order valence-electron chi connectivity index (χ2n) is 5.66. The Labute approximate surface area is 122 Å². The second kappa shape index (κ2) is 6.70. The summed E-state index contributed by atoms with van der Waals surface area (Å²) in [5, 5.41) is 7.86. The van der Waals surface area contributed by atoms with Crippen LogP contribution >= 0.6 is 0 Å². The molecule has 0 aliphatic carbocycles. The van der Waals surface area contributed by atoms with Crippen LogP contribution in [0.2, 0.25) is 0 Å². The number of ether oxygens (including phenoxy) is 1. The third-order valence-electron chi connectivity index (χ3n) is 4.23. The van der Waals surface area contributed by atoms with Gasteiger partial charge in [0.15, 0.2) is 0 Å². The van der Waals surface area contributed by atoms with Gasteiger partial charge in [-0.05, 0) is 33.9 Å². The van der Waals surface area contributed by atoms with E-state index in [1.54, 1.807) is 0 Å². The zero-order valence-electron chi connectivity index (χ0n) is 13.4. The van der Waals surface area contributed by atoms with E-state index in [0.29, 0.717) is 6.04 Å². The van der Waals surface area contributed by atoms with Crippen LogP contribution in [0, 0.1) is 13.8 Å². The molecule has 1 saturated heterocycles. The molecule has 1 N–H and O–H groups in total. The molecule has 0 radical (unpaired) electrons. The average molecular weight is 280 g/mol. The van der Waals surface area contributed by atoms with Crippen molar-refractivity contribution in [2.75, 3.05) is 33.3 Å². The third kappa shape index (κ3) is 2.90. The van der Waals surface area contributed by atoms with Crippen molar-refractivity contribution < 1.29 is 4.74 Å². The van der Waals surface area contributed by atoms with Crippen LogP contribution in [0.15, 0.2) is 0 Å². The zero-order chi connectivity index (χ0) is 14.7. The molecule has 0 saturated carbocycles. The van der Waals surface area contributed by atoms with Gasteiger partial charge in [0.05, 0.1) is 24.4 Å². The van der Waals surface area contributed by atoms with Crippen molar-refractivity contribution in [1.29, 1.82) is 0 Å². The lowest BCUT2D eigenvalue weighted by atomic mass is 9.95. The van der Waals surface area contributed by atoms with Crippen molar-refractivity contribution in [1.82, 2.24) is 20.0 Å². The molecule has 2 rings (SSSR count). The lowest BCUT2D eigenvalue weighted by Crippen LogP contribution is -2.49. The minimum Gasteiger partial charge on any atom is -0.374 e. The molecule has 0 bridgehead atoms. The van der Waals surface area contributed by atoms with E-state index in [1.165, 1.54) is 17.7 Å². The number of aromatic nitrogens is 2. The normalized spacial score (nSPS) is 24.2. The van der Waals surface area contributed by atoms with Crippen molar-refractivity contribution in [3.8, 4) is 0 Å². The molecule has 2 atom stereocenters. The summed E-state index contributed by atoms with van der Waals surface area (Å²) in [5.41, 5.74) is 3.73. The lowest BCUT2D eigenvalue weighted by Gasteiger charge is -2.41. The first-order valence-electron chi connectivity index (χ1n) is 7.60. The van der Waals surface area contributed by atoms with Gasteiger partial charge >= 0.3 is 0 Å². The summed E-state index contributed by atoms with van der Waals surface area (Å²) in [4.78, 5) is 2.56. The first kappa shape index (κ1) is 15.5. The van der Waals surface area contributed by atoms with E-state index in [2.05, 4.69) is 36.1 Å². The zero-order valence-corrected chi connectivity index (χ0v) is 13.4. The van der Waals surface area contributed by atoms with Gasteiger partial charge < -0.3 is 10.1 Å². The molecule has 0 amide bonds. The molecule has 1 aromatic heterocycles. The van der Waals surface area contributed by atoms with Crippen molar-refractivity contribution in [3.05, 3.63) is 17.0 Å². The highest BCUT2D eigenvalue weighted by Crippen LogP contribution is 2.33. The van der Waals surface area contributed by atoms with Crippen LogP contribution in [0.25, 0.3) is 0 Å². The van der Waals surface area contributed by atoms with Crippen LogP contribution in [0.4, 0.5) is 0 Å². The van der Waals surface area contributed by atoms with Crippen molar-refractivity contribution >= 4 is 0 Å². The molecule has 20 heavy (non-hydrogen) atoms. The molecule has 2 heterocycles. The number of nitrogens with one attached hydrogen (secondary N) is 1. The van der Waals surface area contributed by atoms with Gasteiger partial charge in [0.2, 0.25) is 0 Å². The third-order valence-corrected chi connectivity index (χ3v) is 4.23. The van der Waals surface area contributed by atoms with Crippen LogP contribution < -0.4 is 5.32 Å². The van der Waals surface area contributed by atoms with E-state index in [9.17, 15) is 0 Å². The van der Waals surface area contributed by atoms with E-state index in [0.717, 1.165) is 31.9 Å². The quantitative estimate of drug-likeness (QED) is 0.885. The molecule has 114 valence electrons. The minimum atomic E-state index is 0.196. The first-order chi connectivity index (χ1) is 9.60. The Morgan fingerprint density at radius 1 is 1.40 bits per heavy atom. The topological polar surface area (TPSA) is 42.3 Å². The summed E-state index contributed by atoms with van der Waals surface area (Å²) in [6, 6.07) is 0.310. The average Bonchev–Trinajstić information content (AvgIpc) is 2.65. The van der Waals surface area contributed by atoms with E-state index in [-0.39, 0.29) is 6.10 Å². The summed E-state index contributed by atoms with van der Waals surface area (Å²) in [7, 11) is 4.01. The van der Waals surface area contributed by atoms with Gasteiger partial charge in [0.25, 0.3) is 0 Å². The van der Waals surface area contributed by atoms with Crippen molar-refractivity contribution in [2.45, 2.75) is 39.3 Å². The highest BCUT2D eigenvalue weighted by molar-refractivity contribution is 5.30. The number of morpholine rings is 1. The van der Waals surface area contributed by atoms with Gasteiger partial charge in [0.1, 0.15) is 0 Å². The standard InChI is InChI=1S/C15H28N4O/c1-6-7-19-8-9-20-13(10-16-4)15(19)14-11(2)17-18(5)12(14)3/h13,15-16H,6-10H2,1-5H3. The lowest BCUT2D eigenvalue weighted by molar-refractivity contribution is -0.0708. The Morgan fingerprint density at radius 3 is 2.70 bits per heavy atom. The summed E-state index contributed by atoms with van der Waals surface area (Å²) in [6.45, 7) is 10.3. The molecule has 0 aromatic carbocycles. The van der Waals surface area contributed by atoms with Crippen LogP contribution in [-0.2, 0) is 11.8 Å². The highest BCUT2D eigenvalue weighted by Gasteiger charge is 2.35. The Balaban J connectivity index is 2.37. The van der Waals surface area contributed by atoms with Crippen LogP contribution in [0.1, 0.15) is 36.3 Å². The van der Waals surface area contributed by atoms with Crippen molar-refractivity contribution in [2.24, 2.45) is 7.05 Å². The predicted molar refractivity (Wildman–Crippen MR) is 81.0 cm³/mol. The number of likely N-dealkylation sites (N-methyl/N-ethyl adjacent to an activating group) is 1. The summed E-state index contributed by atoms with van der Waals surface area (Å²) in [5.74, 6) is 0. The van der Waals surface area contributed by atoms with Gasteiger partial charge in [-0.2, -0.15) is 5.10 Å². The van der Waals surface area contributed by atoms with Gasteiger partial charge in [-0.1, -0.05) is 6.92 Å². The molecule has 1 aromatic rings. The Kier molecular flexibility index (Phi) is 5.18. The monoisotopic (exact) mass is 280 g/mol. The summed E-state index contributed by atoms with van der Waals surface area (Å²) in [6.07, 6.45) is 1.36. The van der Waals surface area contributed by atoms with Crippen molar-refractivity contribution in [3.63, 3.8) is 0 Å². The fourth-order valence-corrected chi connectivity index (χ4v) is 3.28. The number of rotatable bonds is 5. The van der Waals surface area contributed by atoms with Gasteiger partial charge in [-0.3, -0.25) is 9.58 Å². The molecule has 1 aliphatic heterocycles. The number of hydrogen-bond donors (Lipinski definition) is 1. The van der Waals surface area contributed by atoms with E-state index in [1.807, 2.05) is 18.8 Å². The smallest absolute Gasteiger partial charge is 0.0897 e. The highest BCUT2D eigenvalue weighted by atomic mass is 16.5. The fourth-order valence-electron chi connectivity index (χ4n) is 3.28. The molecular formula is C15H28N4O. The van der Waals surface area contributed by atoms with E-state index >= 15 is 0 Å². The largest absolute Gasteiger partial charge is 0.374 e.